The van der Waals surface area contributed by atoms with Crippen LogP contribution in [-0.4, -0.2) is 60.6 Å². The average molecular weight is 454 g/mol. The lowest BCUT2D eigenvalue weighted by molar-refractivity contribution is 0.0196. The molecule has 9 heteroatoms. The number of nitrogens with zero attached hydrogens (tertiary/aromatic N) is 6. The zero-order chi connectivity index (χ0) is 23.3. The number of alkyl halides is 1. The molecule has 176 valence electrons. The van der Waals surface area contributed by atoms with Crippen LogP contribution in [0.4, 0.5) is 16.0 Å². The molecular formula is C24H32FN7O. The summed E-state index contributed by atoms with van der Waals surface area (Å²) < 4.78 is 15.7. The first-order valence-electron chi connectivity index (χ1n) is 11.8. The highest BCUT2D eigenvalue weighted by Gasteiger charge is 2.30. The van der Waals surface area contributed by atoms with Crippen LogP contribution in [0.15, 0.2) is 12.1 Å². The summed E-state index contributed by atoms with van der Waals surface area (Å²) in [7, 11) is 0. The Balaban J connectivity index is 1.55. The number of rotatable bonds is 4. The zero-order valence-corrected chi connectivity index (χ0v) is 19.8. The maximum atomic E-state index is 13.9. The smallest absolute Gasteiger partial charge is 0.160 e. The number of hydrogen-bond acceptors (Lipinski definition) is 7. The Morgan fingerprint density at radius 1 is 1.03 bits per heavy atom. The second-order valence-corrected chi connectivity index (χ2v) is 9.88. The third-order valence-electron chi connectivity index (χ3n) is 7.01. The third-order valence-corrected chi connectivity index (χ3v) is 7.01. The van der Waals surface area contributed by atoms with Crippen molar-refractivity contribution in [1.29, 1.82) is 0 Å². The summed E-state index contributed by atoms with van der Waals surface area (Å²) in [4.78, 5) is 16.2. The van der Waals surface area contributed by atoms with Crippen LogP contribution in [0.2, 0.25) is 0 Å². The number of aliphatic hydroxyl groups is 1. The first-order chi connectivity index (χ1) is 15.7. The van der Waals surface area contributed by atoms with E-state index >= 15 is 0 Å². The number of anilines is 2. The summed E-state index contributed by atoms with van der Waals surface area (Å²) in [6, 6.07) is 4.12. The zero-order valence-electron chi connectivity index (χ0n) is 19.8. The van der Waals surface area contributed by atoms with Gasteiger partial charge in [-0.2, -0.15) is 9.61 Å². The normalized spacial score (nSPS) is 25.7. The summed E-state index contributed by atoms with van der Waals surface area (Å²) in [6.45, 7) is 8.75. The molecule has 2 aliphatic rings. The molecule has 33 heavy (non-hydrogen) atoms. The van der Waals surface area contributed by atoms with E-state index < -0.39 is 11.8 Å². The highest BCUT2D eigenvalue weighted by atomic mass is 19.1. The van der Waals surface area contributed by atoms with Crippen molar-refractivity contribution in [2.75, 3.05) is 23.3 Å². The van der Waals surface area contributed by atoms with Crippen molar-refractivity contribution in [2.45, 2.75) is 77.6 Å². The van der Waals surface area contributed by atoms with Crippen LogP contribution in [0.5, 0.6) is 0 Å². The molecule has 0 unspecified atom stereocenters. The van der Waals surface area contributed by atoms with Crippen LogP contribution >= 0.6 is 0 Å². The molecule has 2 fully saturated rings. The molecule has 1 atom stereocenters. The van der Waals surface area contributed by atoms with Gasteiger partial charge in [-0.05, 0) is 59.8 Å². The van der Waals surface area contributed by atoms with Gasteiger partial charge in [0.15, 0.2) is 5.65 Å². The maximum absolute atomic E-state index is 13.9. The number of aryl methyl sites for hydroxylation is 3. The topological polar surface area (TPSA) is 91.5 Å². The Kier molecular flexibility index (Phi) is 5.47. The maximum Gasteiger partial charge on any atom is 0.160 e. The van der Waals surface area contributed by atoms with Gasteiger partial charge in [0.25, 0.3) is 0 Å². The number of hydrogen-bond donors (Lipinski definition) is 2. The van der Waals surface area contributed by atoms with Crippen LogP contribution in [0, 0.1) is 20.8 Å². The Morgan fingerprint density at radius 3 is 2.45 bits per heavy atom. The molecule has 8 nitrogen and oxygen atoms in total. The number of nitrogens with one attached hydrogen (secondary N) is 1. The van der Waals surface area contributed by atoms with E-state index in [1.54, 1.807) is 0 Å². The second kappa shape index (κ2) is 8.20. The van der Waals surface area contributed by atoms with E-state index in [4.69, 9.17) is 15.1 Å². The summed E-state index contributed by atoms with van der Waals surface area (Å²) in [5, 5.41) is 18.8. The Bertz CT molecular complexity index is 1180. The van der Waals surface area contributed by atoms with E-state index in [9.17, 15) is 9.50 Å². The molecule has 5 rings (SSSR count). The lowest BCUT2D eigenvalue weighted by atomic mass is 9.84. The summed E-state index contributed by atoms with van der Waals surface area (Å²) in [5.74, 6) is 1.58. The lowest BCUT2D eigenvalue weighted by Crippen LogP contribution is -2.36. The predicted octanol–water partition coefficient (Wildman–Crippen LogP) is 3.77. The van der Waals surface area contributed by atoms with E-state index in [-0.39, 0.29) is 6.04 Å². The molecule has 1 saturated heterocycles. The highest BCUT2D eigenvalue weighted by Crippen LogP contribution is 2.32. The van der Waals surface area contributed by atoms with Gasteiger partial charge in [-0.1, -0.05) is 0 Å². The minimum absolute atomic E-state index is 0.229. The minimum Gasteiger partial charge on any atom is -0.390 e. The van der Waals surface area contributed by atoms with Crippen molar-refractivity contribution in [3.8, 4) is 11.4 Å². The van der Waals surface area contributed by atoms with Crippen molar-refractivity contribution in [1.82, 2.24) is 24.6 Å². The molecular weight excluding hydrogens is 421 g/mol. The molecule has 0 bridgehead atoms. The Labute approximate surface area is 193 Å². The van der Waals surface area contributed by atoms with Crippen molar-refractivity contribution in [3.05, 3.63) is 29.2 Å². The molecule has 1 aliphatic heterocycles. The van der Waals surface area contributed by atoms with Crippen LogP contribution in [0.25, 0.3) is 17.0 Å². The van der Waals surface area contributed by atoms with Gasteiger partial charge >= 0.3 is 0 Å². The summed E-state index contributed by atoms with van der Waals surface area (Å²) >= 11 is 0. The SMILES string of the molecule is Cc1nc(C)c(-c2cc3nc(N4CC[C@@H](F)C4)cc(N[C@H]4CC[C@](C)(O)CC4)n3n2)nc1C. The van der Waals surface area contributed by atoms with Gasteiger partial charge in [0.05, 0.1) is 29.2 Å². The van der Waals surface area contributed by atoms with E-state index in [1.807, 2.05) is 49.2 Å². The van der Waals surface area contributed by atoms with Crippen molar-refractivity contribution in [3.63, 3.8) is 0 Å². The van der Waals surface area contributed by atoms with Crippen molar-refractivity contribution >= 4 is 17.3 Å². The molecule has 1 aliphatic carbocycles. The first kappa shape index (κ1) is 22.0. The molecule has 4 heterocycles. The summed E-state index contributed by atoms with van der Waals surface area (Å²) in [5.41, 5.74) is 4.16. The molecule has 0 radical (unpaired) electrons. The van der Waals surface area contributed by atoms with Gasteiger partial charge in [0.2, 0.25) is 0 Å². The van der Waals surface area contributed by atoms with Gasteiger partial charge in [-0.15, -0.1) is 0 Å². The van der Waals surface area contributed by atoms with Crippen LogP contribution in [0.3, 0.4) is 0 Å². The second-order valence-electron chi connectivity index (χ2n) is 9.88. The standard InChI is InChI=1S/C24H32FN7O/c1-14-15(2)27-23(16(3)26-14)19-11-21-29-20(31-10-7-17(25)13-31)12-22(32(21)30-19)28-18-5-8-24(4,33)9-6-18/h11-12,17-18,28,33H,5-10,13H2,1-4H3/t17-,18-,24-/m1/s1. The fourth-order valence-corrected chi connectivity index (χ4v) is 4.82. The molecule has 3 aromatic rings. The van der Waals surface area contributed by atoms with Crippen LogP contribution in [-0.2, 0) is 0 Å². The highest BCUT2D eigenvalue weighted by molar-refractivity contribution is 5.67. The molecule has 2 N–H and O–H groups in total. The van der Waals surface area contributed by atoms with Crippen LogP contribution in [0.1, 0.15) is 56.1 Å². The van der Waals surface area contributed by atoms with E-state index in [0.717, 1.165) is 60.1 Å². The van der Waals surface area contributed by atoms with Crippen LogP contribution < -0.4 is 10.2 Å². The molecule has 0 aromatic carbocycles. The van der Waals surface area contributed by atoms with Gasteiger partial charge in [0, 0.05) is 24.7 Å². The minimum atomic E-state index is -0.825. The quantitative estimate of drug-likeness (QED) is 0.621. The van der Waals surface area contributed by atoms with E-state index in [1.165, 1.54) is 0 Å². The fourth-order valence-electron chi connectivity index (χ4n) is 4.82. The Morgan fingerprint density at radius 2 is 1.76 bits per heavy atom. The van der Waals surface area contributed by atoms with Gasteiger partial charge in [-0.3, -0.25) is 4.98 Å². The molecule has 1 saturated carbocycles. The molecule has 3 aromatic heterocycles. The van der Waals surface area contributed by atoms with Gasteiger partial charge in [0.1, 0.15) is 29.2 Å². The lowest BCUT2D eigenvalue weighted by Gasteiger charge is -2.34. The number of aromatic nitrogens is 5. The predicted molar refractivity (Wildman–Crippen MR) is 126 cm³/mol. The average Bonchev–Trinajstić information content (AvgIpc) is 3.38. The fraction of sp³-hybridized carbons (Fsp3) is 0.583. The van der Waals surface area contributed by atoms with Gasteiger partial charge < -0.3 is 15.3 Å². The number of fused-ring (bicyclic) bond motifs is 1. The van der Waals surface area contributed by atoms with Gasteiger partial charge in [-0.25, -0.2) is 14.4 Å². The molecule has 0 spiro atoms. The largest absolute Gasteiger partial charge is 0.390 e. The molecule has 0 amide bonds. The summed E-state index contributed by atoms with van der Waals surface area (Å²) in [6.07, 6.45) is 2.95. The third kappa shape index (κ3) is 4.38. The van der Waals surface area contributed by atoms with Crippen molar-refractivity contribution < 1.29 is 9.50 Å². The van der Waals surface area contributed by atoms with E-state index in [0.29, 0.717) is 30.9 Å². The monoisotopic (exact) mass is 453 g/mol. The number of halogens is 1. The van der Waals surface area contributed by atoms with Crippen molar-refractivity contribution in [2.24, 2.45) is 0 Å². The Hall–Kier alpha value is -2.81. The van der Waals surface area contributed by atoms with E-state index in [2.05, 4.69) is 10.3 Å². The first-order valence-corrected chi connectivity index (χ1v) is 11.8.